The van der Waals surface area contributed by atoms with E-state index in [0.717, 1.165) is 19.3 Å². The summed E-state index contributed by atoms with van der Waals surface area (Å²) in [5, 5.41) is 4.00. The Hall–Kier alpha value is -0.620. The van der Waals surface area contributed by atoms with E-state index < -0.39 is 10.0 Å². The molecule has 2 fully saturated rings. The van der Waals surface area contributed by atoms with Crippen LogP contribution in [-0.2, 0) is 10.0 Å². The van der Waals surface area contributed by atoms with Crippen LogP contribution in [0.4, 0.5) is 0 Å². The van der Waals surface area contributed by atoms with Crippen LogP contribution in [0.15, 0.2) is 23.1 Å². The van der Waals surface area contributed by atoms with Crippen molar-refractivity contribution in [3.05, 3.63) is 28.8 Å². The Bertz CT molecular complexity index is 618. The summed E-state index contributed by atoms with van der Waals surface area (Å²) < 4.78 is 27.3. The van der Waals surface area contributed by atoms with Crippen molar-refractivity contribution in [1.82, 2.24) is 9.62 Å². The zero-order valence-corrected chi connectivity index (χ0v) is 13.0. The molecule has 2 atom stereocenters. The number of nitrogens with zero attached hydrogens (tertiary/aromatic N) is 1. The van der Waals surface area contributed by atoms with Gasteiger partial charge in [0.05, 0.1) is 4.90 Å². The Morgan fingerprint density at radius 2 is 2.00 bits per heavy atom. The molecular formula is C14H19ClN2O2S. The standard InChI is InChI=1S/C14H19ClN2O2S/c1-10-13(15)3-2-4-14(10)20(18,19)17-8-7-11-5-6-12(9-17)16-11/h2-4,11-12,16H,5-9H2,1H3. The van der Waals surface area contributed by atoms with Crippen molar-refractivity contribution < 1.29 is 8.42 Å². The third kappa shape index (κ3) is 2.48. The summed E-state index contributed by atoms with van der Waals surface area (Å²) >= 11 is 6.06. The van der Waals surface area contributed by atoms with Gasteiger partial charge in [0.2, 0.25) is 10.0 Å². The average Bonchev–Trinajstić information content (AvgIpc) is 2.71. The molecule has 1 aromatic carbocycles. The van der Waals surface area contributed by atoms with Crippen LogP contribution in [0.5, 0.6) is 0 Å². The van der Waals surface area contributed by atoms with Gasteiger partial charge in [-0.2, -0.15) is 4.31 Å². The van der Waals surface area contributed by atoms with Crippen molar-refractivity contribution in [3.8, 4) is 0 Å². The number of halogens is 1. The lowest BCUT2D eigenvalue weighted by Gasteiger charge is -2.24. The van der Waals surface area contributed by atoms with Crippen LogP contribution in [0.3, 0.4) is 0 Å². The highest BCUT2D eigenvalue weighted by Crippen LogP contribution is 2.28. The average molecular weight is 315 g/mol. The summed E-state index contributed by atoms with van der Waals surface area (Å²) in [5.74, 6) is 0. The van der Waals surface area contributed by atoms with Crippen LogP contribution in [0.1, 0.15) is 24.8 Å². The Morgan fingerprint density at radius 1 is 1.25 bits per heavy atom. The molecule has 0 aromatic heterocycles. The zero-order valence-electron chi connectivity index (χ0n) is 11.5. The molecular weight excluding hydrogens is 296 g/mol. The zero-order chi connectivity index (χ0) is 14.3. The van der Waals surface area contributed by atoms with Crippen LogP contribution >= 0.6 is 11.6 Å². The van der Waals surface area contributed by atoms with Crippen molar-refractivity contribution in [2.24, 2.45) is 0 Å². The minimum Gasteiger partial charge on any atom is -0.310 e. The molecule has 0 spiro atoms. The van der Waals surface area contributed by atoms with E-state index in [1.165, 1.54) is 0 Å². The lowest BCUT2D eigenvalue weighted by Crippen LogP contribution is -2.39. The Kier molecular flexibility index (Phi) is 3.79. The van der Waals surface area contributed by atoms with E-state index in [2.05, 4.69) is 5.32 Å². The minimum absolute atomic E-state index is 0.289. The van der Waals surface area contributed by atoms with Crippen molar-refractivity contribution in [2.75, 3.05) is 13.1 Å². The van der Waals surface area contributed by atoms with Gasteiger partial charge < -0.3 is 5.32 Å². The fourth-order valence-electron chi connectivity index (χ4n) is 3.14. The first-order valence-corrected chi connectivity index (χ1v) is 8.81. The topological polar surface area (TPSA) is 49.4 Å². The van der Waals surface area contributed by atoms with Crippen molar-refractivity contribution in [2.45, 2.75) is 43.2 Å². The molecule has 2 saturated heterocycles. The van der Waals surface area contributed by atoms with E-state index in [4.69, 9.17) is 11.6 Å². The van der Waals surface area contributed by atoms with Gasteiger partial charge in [-0.1, -0.05) is 17.7 Å². The minimum atomic E-state index is -3.45. The van der Waals surface area contributed by atoms with Crippen molar-refractivity contribution in [3.63, 3.8) is 0 Å². The summed E-state index contributed by atoms with van der Waals surface area (Å²) in [7, 11) is -3.45. The molecule has 4 nitrogen and oxygen atoms in total. The summed E-state index contributed by atoms with van der Waals surface area (Å²) in [6, 6.07) is 5.83. The Morgan fingerprint density at radius 3 is 2.80 bits per heavy atom. The molecule has 20 heavy (non-hydrogen) atoms. The molecule has 2 bridgehead atoms. The molecule has 2 aliphatic heterocycles. The first kappa shape index (κ1) is 14.3. The molecule has 0 radical (unpaired) electrons. The first-order chi connectivity index (χ1) is 9.48. The fraction of sp³-hybridized carbons (Fsp3) is 0.571. The SMILES string of the molecule is Cc1c(Cl)cccc1S(=O)(=O)N1CCC2CCC(C1)N2. The number of benzene rings is 1. The van der Waals surface area contributed by atoms with Gasteiger partial charge in [-0.3, -0.25) is 0 Å². The van der Waals surface area contributed by atoms with Crippen LogP contribution in [0, 0.1) is 6.92 Å². The van der Waals surface area contributed by atoms with Gasteiger partial charge in [-0.15, -0.1) is 0 Å². The predicted molar refractivity (Wildman–Crippen MR) is 79.5 cm³/mol. The second kappa shape index (κ2) is 5.30. The highest BCUT2D eigenvalue weighted by molar-refractivity contribution is 7.89. The number of fused-ring (bicyclic) bond motifs is 2. The number of sulfonamides is 1. The van der Waals surface area contributed by atoms with Gasteiger partial charge in [-0.05, 0) is 43.9 Å². The number of nitrogens with one attached hydrogen (secondary N) is 1. The Balaban J connectivity index is 1.93. The second-order valence-corrected chi connectivity index (χ2v) is 7.97. The molecule has 0 amide bonds. The summed E-state index contributed by atoms with van der Waals surface area (Å²) in [6.07, 6.45) is 3.11. The highest BCUT2D eigenvalue weighted by Gasteiger charge is 2.35. The van der Waals surface area contributed by atoms with Gasteiger partial charge in [0.1, 0.15) is 0 Å². The quantitative estimate of drug-likeness (QED) is 0.910. The maximum absolute atomic E-state index is 12.8. The van der Waals surface area contributed by atoms with E-state index >= 15 is 0 Å². The Labute approximate surface area is 125 Å². The third-order valence-electron chi connectivity index (χ3n) is 4.32. The van der Waals surface area contributed by atoms with Gasteiger partial charge in [0.15, 0.2) is 0 Å². The van der Waals surface area contributed by atoms with Gasteiger partial charge in [-0.25, -0.2) is 8.42 Å². The molecule has 1 N–H and O–H groups in total. The van der Waals surface area contributed by atoms with E-state index in [1.54, 1.807) is 29.4 Å². The second-order valence-electron chi connectivity index (χ2n) is 5.65. The first-order valence-electron chi connectivity index (χ1n) is 7.00. The molecule has 1 aromatic rings. The molecule has 2 heterocycles. The smallest absolute Gasteiger partial charge is 0.243 e. The highest BCUT2D eigenvalue weighted by atomic mass is 35.5. The maximum Gasteiger partial charge on any atom is 0.243 e. The molecule has 3 rings (SSSR count). The predicted octanol–water partition coefficient (Wildman–Crippen LogP) is 2.16. The number of hydrogen-bond donors (Lipinski definition) is 1. The van der Waals surface area contributed by atoms with Crippen LogP contribution in [0.2, 0.25) is 5.02 Å². The maximum atomic E-state index is 12.8. The van der Waals surface area contributed by atoms with Crippen LogP contribution in [0.25, 0.3) is 0 Å². The number of hydrogen-bond acceptors (Lipinski definition) is 3. The van der Waals surface area contributed by atoms with Gasteiger partial charge in [0.25, 0.3) is 0 Å². The van der Waals surface area contributed by atoms with Crippen LogP contribution in [-0.4, -0.2) is 37.9 Å². The summed E-state index contributed by atoms with van der Waals surface area (Å²) in [4.78, 5) is 0.336. The molecule has 0 aliphatic carbocycles. The van der Waals surface area contributed by atoms with E-state index in [9.17, 15) is 8.42 Å². The summed E-state index contributed by atoms with van der Waals surface area (Å²) in [5.41, 5.74) is 0.636. The van der Waals surface area contributed by atoms with Crippen molar-refractivity contribution >= 4 is 21.6 Å². The number of rotatable bonds is 2. The lowest BCUT2D eigenvalue weighted by atomic mass is 10.1. The fourth-order valence-corrected chi connectivity index (χ4v) is 5.11. The monoisotopic (exact) mass is 314 g/mol. The summed E-state index contributed by atoms with van der Waals surface area (Å²) in [6.45, 7) is 2.91. The van der Waals surface area contributed by atoms with Crippen LogP contribution < -0.4 is 5.32 Å². The van der Waals surface area contributed by atoms with E-state index in [1.807, 2.05) is 0 Å². The molecule has 110 valence electrons. The van der Waals surface area contributed by atoms with Gasteiger partial charge in [0, 0.05) is 30.2 Å². The normalized spacial score (nSPS) is 27.5. The van der Waals surface area contributed by atoms with Crippen molar-refractivity contribution in [1.29, 1.82) is 0 Å². The molecule has 2 unspecified atom stereocenters. The molecule has 2 aliphatic rings. The lowest BCUT2D eigenvalue weighted by molar-refractivity contribution is 0.383. The largest absolute Gasteiger partial charge is 0.310 e. The van der Waals surface area contributed by atoms with E-state index in [0.29, 0.717) is 34.6 Å². The third-order valence-corrected chi connectivity index (χ3v) is 6.74. The molecule has 0 saturated carbocycles. The molecule has 6 heteroatoms. The van der Waals surface area contributed by atoms with Gasteiger partial charge >= 0.3 is 0 Å². The van der Waals surface area contributed by atoms with E-state index in [-0.39, 0.29) is 6.04 Å².